The van der Waals surface area contributed by atoms with E-state index in [9.17, 15) is 4.79 Å². The molecular weight excluding hydrogens is 220 g/mol. The molecule has 0 radical (unpaired) electrons. The van der Waals surface area contributed by atoms with Crippen molar-refractivity contribution in [2.45, 2.75) is 19.8 Å². The summed E-state index contributed by atoms with van der Waals surface area (Å²) in [7, 11) is 0. The minimum absolute atomic E-state index is 0.0343. The lowest BCUT2D eigenvalue weighted by molar-refractivity contribution is -0.138. The van der Waals surface area contributed by atoms with Crippen molar-refractivity contribution in [3.63, 3.8) is 0 Å². The van der Waals surface area contributed by atoms with E-state index in [1.807, 2.05) is 18.2 Å². The van der Waals surface area contributed by atoms with Gasteiger partial charge in [-0.25, -0.2) is 9.97 Å². The van der Waals surface area contributed by atoms with Gasteiger partial charge in [0.2, 0.25) is 0 Å². The number of aromatic nitrogens is 3. The van der Waals surface area contributed by atoms with Crippen molar-refractivity contribution in [2.75, 3.05) is 6.54 Å². The minimum Gasteiger partial charge on any atom is -0.481 e. The van der Waals surface area contributed by atoms with Crippen LogP contribution in [0.4, 0.5) is 0 Å². The van der Waals surface area contributed by atoms with Crippen LogP contribution in [-0.2, 0) is 4.79 Å². The number of aliphatic carboxylic acids is 1. The highest BCUT2D eigenvalue weighted by atomic mass is 16.4. The average molecular weight is 234 g/mol. The molecule has 0 amide bonds. The van der Waals surface area contributed by atoms with Crippen LogP contribution >= 0.6 is 0 Å². The Bertz CT molecular complexity index is 576. The van der Waals surface area contributed by atoms with E-state index in [0.717, 1.165) is 11.5 Å². The van der Waals surface area contributed by atoms with E-state index in [0.29, 0.717) is 11.3 Å². The summed E-state index contributed by atoms with van der Waals surface area (Å²) in [6, 6.07) is 1.75. The third kappa shape index (κ3) is 1.76. The Balaban J connectivity index is 2.67. The molecule has 0 saturated heterocycles. The second kappa shape index (κ2) is 4.14. The molecule has 1 atom stereocenters. The number of carboxylic acids is 1. The zero-order chi connectivity index (χ0) is 12.6. The minimum atomic E-state index is -0.954. The van der Waals surface area contributed by atoms with Gasteiger partial charge in [0.15, 0.2) is 0 Å². The molecule has 6 nitrogen and oxygen atoms in total. The van der Waals surface area contributed by atoms with Crippen LogP contribution in [0.3, 0.4) is 0 Å². The molecule has 1 unspecified atom stereocenters. The molecular formula is C11H14N4O2. The Morgan fingerprint density at radius 3 is 2.82 bits per heavy atom. The lowest BCUT2D eigenvalue weighted by Crippen LogP contribution is -2.22. The summed E-state index contributed by atoms with van der Waals surface area (Å²) in [6.45, 7) is 3.71. The van der Waals surface area contributed by atoms with Crippen LogP contribution in [0, 0.1) is 13.8 Å². The predicted molar refractivity (Wildman–Crippen MR) is 61.9 cm³/mol. The van der Waals surface area contributed by atoms with Crippen molar-refractivity contribution in [1.29, 1.82) is 0 Å². The van der Waals surface area contributed by atoms with Crippen LogP contribution < -0.4 is 5.73 Å². The zero-order valence-corrected chi connectivity index (χ0v) is 9.71. The Kier molecular flexibility index (Phi) is 2.81. The first kappa shape index (κ1) is 11.5. The average Bonchev–Trinajstić information content (AvgIpc) is 2.58. The maximum atomic E-state index is 11.1. The first-order chi connectivity index (χ1) is 8.06. The number of aryl methyl sites for hydroxylation is 2. The molecule has 2 heterocycles. The van der Waals surface area contributed by atoms with E-state index < -0.39 is 11.9 Å². The lowest BCUT2D eigenvalue weighted by Gasteiger charge is -2.07. The molecule has 0 spiro atoms. The fraction of sp³-hybridized carbons (Fsp3) is 0.364. The Morgan fingerprint density at radius 1 is 1.59 bits per heavy atom. The van der Waals surface area contributed by atoms with E-state index in [4.69, 9.17) is 10.8 Å². The fourth-order valence-electron chi connectivity index (χ4n) is 1.99. The van der Waals surface area contributed by atoms with E-state index >= 15 is 0 Å². The van der Waals surface area contributed by atoms with Crippen molar-refractivity contribution in [2.24, 2.45) is 5.73 Å². The molecule has 0 saturated carbocycles. The SMILES string of the molecule is Cc1nccc2nc(C(CN)C(=O)O)c(C)n12. The molecule has 2 rings (SSSR count). The van der Waals surface area contributed by atoms with Gasteiger partial charge in [0, 0.05) is 18.4 Å². The van der Waals surface area contributed by atoms with Crippen LogP contribution in [0.1, 0.15) is 23.1 Å². The fourth-order valence-corrected chi connectivity index (χ4v) is 1.99. The number of imidazole rings is 1. The molecule has 0 aromatic carbocycles. The smallest absolute Gasteiger partial charge is 0.313 e. The van der Waals surface area contributed by atoms with Gasteiger partial charge >= 0.3 is 5.97 Å². The Hall–Kier alpha value is -1.95. The number of hydrogen-bond acceptors (Lipinski definition) is 4. The second-order valence-corrected chi connectivity index (χ2v) is 3.89. The molecule has 0 aliphatic heterocycles. The molecule has 90 valence electrons. The van der Waals surface area contributed by atoms with Gasteiger partial charge in [-0.3, -0.25) is 9.20 Å². The van der Waals surface area contributed by atoms with Crippen LogP contribution in [0.15, 0.2) is 12.3 Å². The van der Waals surface area contributed by atoms with Crippen molar-refractivity contribution < 1.29 is 9.90 Å². The largest absolute Gasteiger partial charge is 0.481 e. The highest BCUT2D eigenvalue weighted by molar-refractivity contribution is 5.76. The number of nitrogens with two attached hydrogens (primary N) is 1. The van der Waals surface area contributed by atoms with Crippen molar-refractivity contribution in [3.05, 3.63) is 29.5 Å². The van der Waals surface area contributed by atoms with Crippen LogP contribution in [0.25, 0.3) is 5.65 Å². The van der Waals surface area contributed by atoms with Gasteiger partial charge in [0.05, 0.1) is 5.69 Å². The van der Waals surface area contributed by atoms with Crippen molar-refractivity contribution in [1.82, 2.24) is 14.4 Å². The van der Waals surface area contributed by atoms with Gasteiger partial charge in [-0.2, -0.15) is 0 Å². The monoisotopic (exact) mass is 234 g/mol. The number of rotatable bonds is 3. The van der Waals surface area contributed by atoms with Crippen molar-refractivity contribution in [3.8, 4) is 0 Å². The third-order valence-corrected chi connectivity index (χ3v) is 2.84. The normalized spacial score (nSPS) is 12.9. The van der Waals surface area contributed by atoms with Crippen LogP contribution in [0.2, 0.25) is 0 Å². The highest BCUT2D eigenvalue weighted by Gasteiger charge is 2.24. The molecule has 3 N–H and O–H groups in total. The number of nitrogens with zero attached hydrogens (tertiary/aromatic N) is 3. The third-order valence-electron chi connectivity index (χ3n) is 2.84. The first-order valence-electron chi connectivity index (χ1n) is 5.29. The number of carboxylic acid groups (broad SMARTS) is 1. The lowest BCUT2D eigenvalue weighted by atomic mass is 10.1. The summed E-state index contributed by atoms with van der Waals surface area (Å²) in [6.07, 6.45) is 1.65. The van der Waals surface area contributed by atoms with Gasteiger partial charge in [0.1, 0.15) is 17.4 Å². The van der Waals surface area contributed by atoms with Gasteiger partial charge in [-0.1, -0.05) is 0 Å². The first-order valence-corrected chi connectivity index (χ1v) is 5.29. The number of carbonyl (C=O) groups is 1. The summed E-state index contributed by atoms with van der Waals surface area (Å²) in [5, 5.41) is 9.10. The molecule has 2 aromatic heterocycles. The molecule has 0 aliphatic rings. The van der Waals surface area contributed by atoms with Crippen LogP contribution in [-0.4, -0.2) is 32.0 Å². The Labute approximate surface area is 98.1 Å². The summed E-state index contributed by atoms with van der Waals surface area (Å²) in [5.74, 6) is -0.946. The summed E-state index contributed by atoms with van der Waals surface area (Å²) >= 11 is 0. The molecule has 6 heteroatoms. The van der Waals surface area contributed by atoms with Crippen molar-refractivity contribution >= 4 is 11.6 Å². The van der Waals surface area contributed by atoms with E-state index in [-0.39, 0.29) is 6.54 Å². The maximum absolute atomic E-state index is 11.1. The molecule has 2 aromatic rings. The predicted octanol–water partition coefficient (Wildman–Crippen LogP) is 0.473. The zero-order valence-electron chi connectivity index (χ0n) is 9.71. The highest BCUT2D eigenvalue weighted by Crippen LogP contribution is 2.20. The standard InChI is InChI=1S/C11H14N4O2/c1-6-10(8(5-12)11(16)17)14-9-3-4-13-7(2)15(6)9/h3-4,8H,5,12H2,1-2H3,(H,16,17). The number of fused-ring (bicyclic) bond motifs is 1. The summed E-state index contributed by atoms with van der Waals surface area (Å²) < 4.78 is 1.83. The summed E-state index contributed by atoms with van der Waals surface area (Å²) in [5.41, 5.74) is 7.48. The number of hydrogen-bond donors (Lipinski definition) is 2. The van der Waals surface area contributed by atoms with E-state index in [1.165, 1.54) is 0 Å². The molecule has 0 fully saturated rings. The van der Waals surface area contributed by atoms with E-state index in [1.54, 1.807) is 12.3 Å². The van der Waals surface area contributed by atoms with Crippen LogP contribution in [0.5, 0.6) is 0 Å². The van der Waals surface area contributed by atoms with Gasteiger partial charge in [0.25, 0.3) is 0 Å². The topological polar surface area (TPSA) is 93.5 Å². The quantitative estimate of drug-likeness (QED) is 0.805. The van der Waals surface area contributed by atoms with E-state index in [2.05, 4.69) is 9.97 Å². The van der Waals surface area contributed by atoms with Gasteiger partial charge in [-0.15, -0.1) is 0 Å². The Morgan fingerprint density at radius 2 is 2.29 bits per heavy atom. The molecule has 17 heavy (non-hydrogen) atoms. The molecule has 0 aliphatic carbocycles. The molecule has 0 bridgehead atoms. The maximum Gasteiger partial charge on any atom is 0.313 e. The second-order valence-electron chi connectivity index (χ2n) is 3.89. The summed E-state index contributed by atoms with van der Waals surface area (Å²) in [4.78, 5) is 19.6. The van der Waals surface area contributed by atoms with Gasteiger partial charge in [-0.05, 0) is 19.9 Å². The van der Waals surface area contributed by atoms with Gasteiger partial charge < -0.3 is 10.8 Å².